The second-order valence-corrected chi connectivity index (χ2v) is 1.79. The molecule has 0 heterocycles. The zero-order valence-corrected chi connectivity index (χ0v) is 5.01. The molecule has 1 amide bonds. The Kier molecular flexibility index (Phi) is 5.76. The lowest BCUT2D eigenvalue weighted by Gasteiger charge is -1.90. The molecule has 0 aliphatic rings. The summed E-state index contributed by atoms with van der Waals surface area (Å²) in [6, 6.07) is 0. The Morgan fingerprint density at radius 1 is 1.71 bits per heavy atom. The first-order valence-corrected chi connectivity index (χ1v) is 2.80. The van der Waals surface area contributed by atoms with Crippen molar-refractivity contribution in [2.45, 2.75) is 0 Å². The Morgan fingerprint density at radius 3 is 2.86 bits per heavy atom. The van der Waals surface area contributed by atoms with Crippen LogP contribution in [0.15, 0.2) is 0 Å². The number of hydrazine groups is 1. The smallest absolute Gasteiger partial charge is 0.222 e. The van der Waals surface area contributed by atoms with Gasteiger partial charge < -0.3 is 0 Å². The zero-order valence-electron chi connectivity index (χ0n) is 3.38. The van der Waals surface area contributed by atoms with E-state index in [0.717, 1.165) is 11.9 Å². The standard InChI is InChI=1S/C2H4N2OS2/c5-1-3-4-7-2-6/h1-2,4H,(H,3,5). The van der Waals surface area contributed by atoms with Crippen LogP contribution in [0.5, 0.6) is 0 Å². The molecule has 0 aromatic heterocycles. The minimum Gasteiger partial charge on any atom is -0.284 e. The molecule has 0 aliphatic heterocycles. The van der Waals surface area contributed by atoms with Gasteiger partial charge >= 0.3 is 0 Å². The van der Waals surface area contributed by atoms with E-state index in [4.69, 9.17) is 0 Å². The molecule has 0 rings (SSSR count). The van der Waals surface area contributed by atoms with Crippen molar-refractivity contribution >= 4 is 35.3 Å². The predicted octanol–water partition coefficient (Wildman–Crippen LogP) is -0.158. The second-order valence-electron chi connectivity index (χ2n) is 0.578. The molecule has 0 saturated carbocycles. The second kappa shape index (κ2) is 5.87. The number of rotatable bonds is 4. The van der Waals surface area contributed by atoms with Crippen LogP contribution in [0.1, 0.15) is 0 Å². The van der Waals surface area contributed by atoms with Crippen molar-refractivity contribution in [1.82, 2.24) is 10.3 Å². The number of hydrogen-bond donors (Lipinski definition) is 2. The number of carbonyl (C=O) groups excluding carboxylic acids is 1. The monoisotopic (exact) mass is 136 g/mol. The van der Waals surface area contributed by atoms with Gasteiger partial charge in [-0.3, -0.25) is 10.2 Å². The number of carbonyl (C=O) groups is 1. The Hall–Kier alpha value is -0.130. The van der Waals surface area contributed by atoms with Gasteiger partial charge in [0, 0.05) is 0 Å². The van der Waals surface area contributed by atoms with Gasteiger partial charge in [0.2, 0.25) is 6.41 Å². The molecule has 0 radical (unpaired) electrons. The van der Waals surface area contributed by atoms with E-state index < -0.39 is 0 Å². The summed E-state index contributed by atoms with van der Waals surface area (Å²) in [4.78, 5) is 11.9. The Balaban J connectivity index is 2.68. The van der Waals surface area contributed by atoms with Crippen molar-refractivity contribution in [3.63, 3.8) is 0 Å². The molecule has 0 aliphatic carbocycles. The maximum Gasteiger partial charge on any atom is 0.222 e. The lowest BCUT2D eigenvalue weighted by molar-refractivity contribution is -0.109. The quantitative estimate of drug-likeness (QED) is 0.185. The van der Waals surface area contributed by atoms with E-state index in [1.165, 1.54) is 4.70 Å². The first kappa shape index (κ1) is 6.87. The van der Waals surface area contributed by atoms with Gasteiger partial charge in [0.1, 0.15) is 0 Å². The van der Waals surface area contributed by atoms with Gasteiger partial charge in [-0.1, -0.05) is 12.2 Å². The van der Waals surface area contributed by atoms with Gasteiger partial charge in [-0.25, -0.2) is 0 Å². The Labute approximate surface area is 51.0 Å². The maximum atomic E-state index is 9.44. The fourth-order valence-electron chi connectivity index (χ4n) is 0.0821. The fourth-order valence-corrected chi connectivity index (χ4v) is 0.391. The average molecular weight is 136 g/mol. The minimum atomic E-state index is 0.534. The number of hydrogen-bond acceptors (Lipinski definition) is 4. The summed E-state index contributed by atoms with van der Waals surface area (Å²) in [5.74, 6) is 0. The van der Waals surface area contributed by atoms with E-state index in [2.05, 4.69) is 22.5 Å². The van der Waals surface area contributed by atoms with E-state index in [1.807, 2.05) is 0 Å². The third-order valence-corrected chi connectivity index (χ3v) is 0.845. The third-order valence-electron chi connectivity index (χ3n) is 0.225. The van der Waals surface area contributed by atoms with Crippen LogP contribution in [0.4, 0.5) is 0 Å². The maximum absolute atomic E-state index is 9.44. The average Bonchev–Trinajstić information content (AvgIpc) is 1.69. The highest BCUT2D eigenvalue weighted by molar-refractivity contribution is 8.19. The highest BCUT2D eigenvalue weighted by Crippen LogP contribution is 1.78. The van der Waals surface area contributed by atoms with E-state index in [1.54, 1.807) is 0 Å². The predicted molar refractivity (Wildman–Crippen MR) is 33.6 cm³/mol. The van der Waals surface area contributed by atoms with Gasteiger partial charge in [-0.2, -0.15) is 4.83 Å². The molecule has 40 valence electrons. The van der Waals surface area contributed by atoms with Gasteiger partial charge in [-0.05, 0) is 11.9 Å². The lowest BCUT2D eigenvalue weighted by Crippen LogP contribution is -2.22. The minimum absolute atomic E-state index is 0.534. The topological polar surface area (TPSA) is 41.1 Å². The van der Waals surface area contributed by atoms with Crippen LogP contribution < -0.4 is 10.3 Å². The van der Waals surface area contributed by atoms with E-state index in [-0.39, 0.29) is 0 Å². The molecule has 0 spiro atoms. The van der Waals surface area contributed by atoms with Crippen molar-refractivity contribution < 1.29 is 4.79 Å². The summed E-state index contributed by atoms with van der Waals surface area (Å²) >= 11 is 5.52. The van der Waals surface area contributed by atoms with Crippen molar-refractivity contribution in [2.75, 3.05) is 0 Å². The molecule has 0 unspecified atom stereocenters. The molecule has 2 N–H and O–H groups in total. The molecule has 0 fully saturated rings. The SMILES string of the molecule is O=CNNSC=S. The molecule has 0 aromatic rings. The lowest BCUT2D eigenvalue weighted by atomic mass is 11.4. The summed E-state index contributed by atoms with van der Waals surface area (Å²) in [5, 5.41) is 0. The molecule has 0 aromatic carbocycles. The summed E-state index contributed by atoms with van der Waals surface area (Å²) < 4.78 is 1.40. The zero-order chi connectivity index (χ0) is 5.54. The van der Waals surface area contributed by atoms with Crippen LogP contribution in [-0.4, -0.2) is 11.1 Å². The van der Waals surface area contributed by atoms with E-state index in [9.17, 15) is 4.79 Å². The number of thiocarbonyl (C=S) groups is 1. The molecule has 0 bridgehead atoms. The first-order valence-electron chi connectivity index (χ1n) is 1.45. The molecule has 0 atom stereocenters. The number of amides is 1. The van der Waals surface area contributed by atoms with E-state index >= 15 is 0 Å². The van der Waals surface area contributed by atoms with Crippen LogP contribution in [0.2, 0.25) is 0 Å². The largest absolute Gasteiger partial charge is 0.284 e. The summed E-state index contributed by atoms with van der Waals surface area (Å²) in [5.41, 5.74) is 2.18. The van der Waals surface area contributed by atoms with Crippen molar-refractivity contribution in [3.05, 3.63) is 0 Å². The molecular formula is C2H4N2OS2. The molecule has 7 heavy (non-hydrogen) atoms. The molecule has 0 saturated heterocycles. The van der Waals surface area contributed by atoms with Crippen LogP contribution in [0.3, 0.4) is 0 Å². The van der Waals surface area contributed by atoms with Crippen LogP contribution in [0, 0.1) is 0 Å². The summed E-state index contributed by atoms with van der Waals surface area (Å²) in [6.45, 7) is 0. The molecular weight excluding hydrogens is 132 g/mol. The Bertz CT molecular complexity index is 58.7. The van der Waals surface area contributed by atoms with Crippen molar-refractivity contribution in [2.24, 2.45) is 0 Å². The van der Waals surface area contributed by atoms with Crippen molar-refractivity contribution in [3.8, 4) is 0 Å². The first-order chi connectivity index (χ1) is 3.41. The highest BCUT2D eigenvalue weighted by atomic mass is 32.2. The van der Waals surface area contributed by atoms with Gasteiger partial charge in [0.25, 0.3) is 0 Å². The molecule has 5 heteroatoms. The normalized spacial score (nSPS) is 7.43. The van der Waals surface area contributed by atoms with E-state index in [0.29, 0.717) is 6.41 Å². The summed E-state index contributed by atoms with van der Waals surface area (Å²) in [7, 11) is 0. The van der Waals surface area contributed by atoms with Crippen LogP contribution in [0.25, 0.3) is 0 Å². The fraction of sp³-hybridized carbons (Fsp3) is 0. The highest BCUT2D eigenvalue weighted by Gasteiger charge is 1.70. The number of nitrogens with one attached hydrogen (secondary N) is 2. The van der Waals surface area contributed by atoms with Crippen LogP contribution in [-0.2, 0) is 4.79 Å². The van der Waals surface area contributed by atoms with Crippen molar-refractivity contribution in [1.29, 1.82) is 0 Å². The third kappa shape index (κ3) is 5.87. The van der Waals surface area contributed by atoms with Gasteiger partial charge in [-0.15, -0.1) is 0 Å². The van der Waals surface area contributed by atoms with Crippen LogP contribution >= 0.6 is 24.2 Å². The summed E-state index contributed by atoms with van der Waals surface area (Å²) in [6.07, 6.45) is 0.534. The molecule has 3 nitrogen and oxygen atoms in total. The van der Waals surface area contributed by atoms with Gasteiger partial charge in [0.05, 0.1) is 4.70 Å². The Morgan fingerprint density at radius 2 is 2.43 bits per heavy atom. The van der Waals surface area contributed by atoms with Gasteiger partial charge in [0.15, 0.2) is 0 Å².